The Morgan fingerprint density at radius 2 is 1.54 bits per heavy atom. The zero-order chi connectivity index (χ0) is 25.5. The van der Waals surface area contributed by atoms with Crippen molar-refractivity contribution in [3.05, 3.63) is 45.9 Å². The Morgan fingerprint density at radius 3 is 2.14 bits per heavy atom. The van der Waals surface area contributed by atoms with E-state index in [4.69, 9.17) is 14.2 Å². The summed E-state index contributed by atoms with van der Waals surface area (Å²) in [5.74, 6) is 1.67. The zero-order valence-electron chi connectivity index (χ0n) is 22.9. The summed E-state index contributed by atoms with van der Waals surface area (Å²) < 4.78 is 19.8. The number of piperidine rings is 2. The van der Waals surface area contributed by atoms with Gasteiger partial charge >= 0.3 is 0 Å². The van der Waals surface area contributed by atoms with Crippen LogP contribution in [0.4, 0.5) is 0 Å². The van der Waals surface area contributed by atoms with Gasteiger partial charge in [0.15, 0.2) is 0 Å². The molecule has 0 aliphatic carbocycles. The highest BCUT2D eigenvalue weighted by Gasteiger charge is 2.24. The number of hydrogen-bond donors (Lipinski definition) is 1. The van der Waals surface area contributed by atoms with Crippen molar-refractivity contribution in [3.63, 3.8) is 0 Å². The lowest BCUT2D eigenvalue weighted by molar-refractivity contribution is -0.0529. The van der Waals surface area contributed by atoms with E-state index in [9.17, 15) is 4.79 Å². The van der Waals surface area contributed by atoms with Gasteiger partial charge < -0.3 is 29.0 Å². The third-order valence-corrected chi connectivity index (χ3v) is 7.55. The fourth-order valence-electron chi connectivity index (χ4n) is 5.49. The average Bonchev–Trinajstić information content (AvgIpc) is 2.91. The maximum absolute atomic E-state index is 12.5. The van der Waals surface area contributed by atoms with Crippen molar-refractivity contribution in [1.29, 1.82) is 0 Å². The molecular formula is C29H44ClN3O4. The molecule has 2 aliphatic heterocycles. The number of aryl methyl sites for hydroxylation is 2. The summed E-state index contributed by atoms with van der Waals surface area (Å²) in [6.07, 6.45) is 9.02. The van der Waals surface area contributed by atoms with Crippen molar-refractivity contribution in [2.45, 2.75) is 71.1 Å². The van der Waals surface area contributed by atoms with E-state index >= 15 is 0 Å². The van der Waals surface area contributed by atoms with E-state index < -0.39 is 0 Å². The van der Waals surface area contributed by atoms with E-state index in [1.807, 2.05) is 19.2 Å². The summed E-state index contributed by atoms with van der Waals surface area (Å²) in [7, 11) is 3.43. The summed E-state index contributed by atoms with van der Waals surface area (Å²) in [4.78, 5) is 15.0. The number of likely N-dealkylation sites (tertiary alicyclic amines) is 1. The Balaban J connectivity index is 0.00000380. The standard InChI is InChI=1S/C29H43N3O4.ClH/c1-5-13-32-20-23(17-21(2)29(32)33)22-18-27(34-3)26(28(19-22)35-4)10-16-31-14-8-25(9-15-31)36-24-6-11-30-12-7-24;/h17-20,24-25,30H,5-16H2,1-4H3;1H. The van der Waals surface area contributed by atoms with E-state index in [1.165, 1.54) is 0 Å². The fraction of sp³-hybridized carbons (Fsp3) is 0.621. The lowest BCUT2D eigenvalue weighted by Crippen LogP contribution is -2.41. The number of hydrogen-bond acceptors (Lipinski definition) is 6. The molecule has 1 N–H and O–H groups in total. The molecule has 1 aromatic carbocycles. The van der Waals surface area contributed by atoms with Crippen LogP contribution in [0.1, 0.15) is 50.2 Å². The van der Waals surface area contributed by atoms with Gasteiger partial charge in [-0.2, -0.15) is 0 Å². The molecule has 2 aliphatic rings. The normalized spacial score (nSPS) is 17.4. The van der Waals surface area contributed by atoms with Crippen LogP contribution >= 0.6 is 12.4 Å². The van der Waals surface area contributed by atoms with Crippen LogP contribution in [0.5, 0.6) is 11.5 Å². The fourth-order valence-corrected chi connectivity index (χ4v) is 5.49. The number of methoxy groups -OCH3 is 2. The van der Waals surface area contributed by atoms with Crippen molar-refractivity contribution in [2.75, 3.05) is 46.9 Å². The van der Waals surface area contributed by atoms with Gasteiger partial charge in [0.1, 0.15) is 11.5 Å². The van der Waals surface area contributed by atoms with E-state index in [-0.39, 0.29) is 18.0 Å². The van der Waals surface area contributed by atoms with Crippen molar-refractivity contribution in [3.8, 4) is 22.6 Å². The van der Waals surface area contributed by atoms with E-state index in [1.54, 1.807) is 18.8 Å². The molecule has 0 amide bonds. The first kappa shape index (κ1) is 29.5. The Labute approximate surface area is 227 Å². The van der Waals surface area contributed by atoms with Gasteiger partial charge in [0.05, 0.1) is 26.4 Å². The van der Waals surface area contributed by atoms with Crippen LogP contribution in [0, 0.1) is 6.92 Å². The Bertz CT molecular complexity index is 1030. The highest BCUT2D eigenvalue weighted by Crippen LogP contribution is 2.36. The topological polar surface area (TPSA) is 65.0 Å². The zero-order valence-corrected chi connectivity index (χ0v) is 23.7. The Kier molecular flexibility index (Phi) is 11.3. The summed E-state index contributed by atoms with van der Waals surface area (Å²) in [6, 6.07) is 6.11. The largest absolute Gasteiger partial charge is 0.496 e. The van der Waals surface area contributed by atoms with Crippen LogP contribution in [0.3, 0.4) is 0 Å². The Hall–Kier alpha value is -2.06. The van der Waals surface area contributed by atoms with Gasteiger partial charge in [0.25, 0.3) is 5.56 Å². The minimum Gasteiger partial charge on any atom is -0.496 e. The molecule has 0 radical (unpaired) electrons. The van der Waals surface area contributed by atoms with Crippen LogP contribution < -0.4 is 20.3 Å². The molecule has 0 unspecified atom stereocenters. The monoisotopic (exact) mass is 533 g/mol. The summed E-state index contributed by atoms with van der Waals surface area (Å²) in [5.41, 5.74) is 3.91. The second kappa shape index (κ2) is 14.2. The molecule has 0 atom stereocenters. The average molecular weight is 534 g/mol. The van der Waals surface area contributed by atoms with Gasteiger partial charge in [-0.05, 0) is 87.9 Å². The van der Waals surface area contributed by atoms with E-state index in [0.717, 1.165) is 105 Å². The van der Waals surface area contributed by atoms with Gasteiger partial charge in [-0.25, -0.2) is 0 Å². The van der Waals surface area contributed by atoms with Gasteiger partial charge in [0.2, 0.25) is 0 Å². The highest BCUT2D eigenvalue weighted by atomic mass is 35.5. The molecule has 2 fully saturated rings. The quantitative estimate of drug-likeness (QED) is 0.487. The smallest absolute Gasteiger partial charge is 0.253 e. The SMILES string of the molecule is CCCn1cc(-c2cc(OC)c(CCN3CCC(OC4CCNCC4)CC3)c(OC)c2)cc(C)c1=O.Cl. The minimum absolute atomic E-state index is 0. The summed E-state index contributed by atoms with van der Waals surface area (Å²) in [5, 5.41) is 3.41. The second-order valence-electron chi connectivity index (χ2n) is 10.1. The number of halogens is 1. The molecular weight excluding hydrogens is 490 g/mol. The van der Waals surface area contributed by atoms with Gasteiger partial charge in [-0.15, -0.1) is 12.4 Å². The summed E-state index contributed by atoms with van der Waals surface area (Å²) >= 11 is 0. The number of pyridine rings is 1. The molecule has 0 bridgehead atoms. The number of nitrogens with zero attached hydrogens (tertiary/aromatic N) is 2. The molecule has 3 heterocycles. The molecule has 0 spiro atoms. The number of benzene rings is 1. The molecule has 2 saturated heterocycles. The minimum atomic E-state index is 0. The molecule has 8 heteroatoms. The lowest BCUT2D eigenvalue weighted by Gasteiger charge is -2.35. The predicted molar refractivity (Wildman–Crippen MR) is 152 cm³/mol. The van der Waals surface area contributed by atoms with Crippen LogP contribution in [-0.2, 0) is 17.7 Å². The van der Waals surface area contributed by atoms with E-state index in [2.05, 4.69) is 29.3 Å². The van der Waals surface area contributed by atoms with Gasteiger partial charge in [-0.3, -0.25) is 4.79 Å². The van der Waals surface area contributed by atoms with E-state index in [0.29, 0.717) is 18.8 Å². The first-order valence-corrected chi connectivity index (χ1v) is 13.6. The van der Waals surface area contributed by atoms with Crippen LogP contribution in [-0.4, -0.2) is 68.6 Å². The molecule has 206 valence electrons. The molecule has 1 aromatic heterocycles. The molecule has 4 rings (SSSR count). The third-order valence-electron chi connectivity index (χ3n) is 7.55. The number of rotatable bonds is 10. The van der Waals surface area contributed by atoms with Crippen LogP contribution in [0.2, 0.25) is 0 Å². The van der Waals surface area contributed by atoms with Crippen molar-refractivity contribution >= 4 is 12.4 Å². The number of aromatic nitrogens is 1. The summed E-state index contributed by atoms with van der Waals surface area (Å²) in [6.45, 7) is 9.92. The molecule has 0 saturated carbocycles. The third kappa shape index (κ3) is 7.50. The van der Waals surface area contributed by atoms with Crippen molar-refractivity contribution < 1.29 is 14.2 Å². The Morgan fingerprint density at radius 1 is 0.919 bits per heavy atom. The lowest BCUT2D eigenvalue weighted by atomic mass is 9.99. The van der Waals surface area contributed by atoms with Gasteiger partial charge in [0, 0.05) is 43.5 Å². The maximum atomic E-state index is 12.5. The first-order valence-electron chi connectivity index (χ1n) is 13.6. The van der Waals surface area contributed by atoms with Crippen LogP contribution in [0.15, 0.2) is 29.2 Å². The van der Waals surface area contributed by atoms with Crippen molar-refractivity contribution in [2.24, 2.45) is 0 Å². The second-order valence-corrected chi connectivity index (χ2v) is 10.1. The van der Waals surface area contributed by atoms with Crippen LogP contribution in [0.25, 0.3) is 11.1 Å². The van der Waals surface area contributed by atoms with Gasteiger partial charge in [-0.1, -0.05) is 6.92 Å². The predicted octanol–water partition coefficient (Wildman–Crippen LogP) is 4.45. The van der Waals surface area contributed by atoms with Crippen molar-refractivity contribution in [1.82, 2.24) is 14.8 Å². The number of nitrogens with one attached hydrogen (secondary N) is 1. The molecule has 7 nitrogen and oxygen atoms in total. The number of ether oxygens (including phenoxy) is 3. The first-order chi connectivity index (χ1) is 17.5. The molecule has 37 heavy (non-hydrogen) atoms. The molecule has 2 aromatic rings. The maximum Gasteiger partial charge on any atom is 0.253 e. The highest BCUT2D eigenvalue weighted by molar-refractivity contribution is 5.85.